The molecule has 2 heterocycles. The Kier molecular flexibility index (Phi) is 4.81. The zero-order chi connectivity index (χ0) is 21.5. The molecule has 4 rings (SSSR count). The highest BCUT2D eigenvalue weighted by atomic mass is 19.1. The van der Waals surface area contributed by atoms with Crippen LogP contribution in [0, 0.1) is 11.6 Å². The standard InChI is InChI=1S/C21H19F2N3O4/c1-30-15-5-3-13-10-26(18(27)16(13)9-15)11-21(19(28)24-20(29)25-21)7-6-12-2-4-14(22)8-17(12)23/h2-5,8-10,27H,6-7,11H2,1H3,(H2,24,25,28,29)/t21-/m1/s1. The average molecular weight is 415 g/mol. The number of carbonyl (C=O) groups is 2. The van der Waals surface area contributed by atoms with E-state index in [1.807, 2.05) is 0 Å². The fourth-order valence-corrected chi connectivity index (χ4v) is 3.73. The molecule has 0 radical (unpaired) electrons. The number of nitrogens with one attached hydrogen (secondary N) is 2. The normalized spacial score (nSPS) is 18.5. The molecule has 9 heteroatoms. The molecule has 0 saturated carbocycles. The average Bonchev–Trinajstić information content (AvgIpc) is 3.16. The topological polar surface area (TPSA) is 92.6 Å². The molecule has 3 amide bonds. The molecule has 156 valence electrons. The number of hydrogen-bond donors (Lipinski definition) is 3. The minimum Gasteiger partial charge on any atom is -0.497 e. The van der Waals surface area contributed by atoms with Gasteiger partial charge in [0.1, 0.15) is 22.9 Å². The van der Waals surface area contributed by atoms with Gasteiger partial charge in [0, 0.05) is 23.0 Å². The number of aromatic nitrogens is 1. The Morgan fingerprint density at radius 2 is 1.97 bits per heavy atom. The first-order valence-corrected chi connectivity index (χ1v) is 9.25. The quantitative estimate of drug-likeness (QED) is 0.540. The molecule has 1 aliphatic rings. The molecular formula is C21H19F2N3O4. The smallest absolute Gasteiger partial charge is 0.322 e. The maximum Gasteiger partial charge on any atom is 0.322 e. The number of aryl methyl sites for hydroxylation is 1. The molecule has 3 N–H and O–H groups in total. The van der Waals surface area contributed by atoms with Gasteiger partial charge in [0.2, 0.25) is 0 Å². The zero-order valence-electron chi connectivity index (χ0n) is 16.0. The monoisotopic (exact) mass is 415 g/mol. The molecule has 3 aromatic rings. The molecular weight excluding hydrogens is 396 g/mol. The molecule has 1 aromatic heterocycles. The van der Waals surface area contributed by atoms with E-state index >= 15 is 0 Å². The summed E-state index contributed by atoms with van der Waals surface area (Å²) in [5, 5.41) is 16.7. The fourth-order valence-electron chi connectivity index (χ4n) is 3.73. The number of imide groups is 1. The largest absolute Gasteiger partial charge is 0.497 e. The second-order valence-corrected chi connectivity index (χ2v) is 7.26. The van der Waals surface area contributed by atoms with E-state index in [9.17, 15) is 23.5 Å². The van der Waals surface area contributed by atoms with Crippen molar-refractivity contribution < 1.29 is 28.2 Å². The number of aromatic hydroxyl groups is 1. The highest BCUT2D eigenvalue weighted by Gasteiger charge is 2.46. The summed E-state index contributed by atoms with van der Waals surface area (Å²) in [4.78, 5) is 24.5. The Hall–Kier alpha value is -3.62. The van der Waals surface area contributed by atoms with Gasteiger partial charge < -0.3 is 19.7 Å². The van der Waals surface area contributed by atoms with Gasteiger partial charge in [-0.05, 0) is 42.7 Å². The molecule has 0 spiro atoms. The fraction of sp³-hybridized carbons (Fsp3) is 0.238. The molecule has 0 aliphatic carbocycles. The molecule has 30 heavy (non-hydrogen) atoms. The third-order valence-electron chi connectivity index (χ3n) is 5.36. The van der Waals surface area contributed by atoms with Gasteiger partial charge in [-0.2, -0.15) is 0 Å². The number of benzene rings is 2. The predicted molar refractivity (Wildman–Crippen MR) is 104 cm³/mol. The number of urea groups is 1. The van der Waals surface area contributed by atoms with Gasteiger partial charge in [-0.1, -0.05) is 6.07 Å². The second-order valence-electron chi connectivity index (χ2n) is 7.26. The summed E-state index contributed by atoms with van der Waals surface area (Å²) in [5.41, 5.74) is -1.19. The minimum atomic E-state index is -1.41. The lowest BCUT2D eigenvalue weighted by atomic mass is 9.91. The van der Waals surface area contributed by atoms with Gasteiger partial charge in [0.15, 0.2) is 5.88 Å². The van der Waals surface area contributed by atoms with Crippen LogP contribution in [0.3, 0.4) is 0 Å². The van der Waals surface area contributed by atoms with Crippen molar-refractivity contribution in [2.45, 2.75) is 24.9 Å². The van der Waals surface area contributed by atoms with Crippen LogP contribution in [0.15, 0.2) is 42.6 Å². The van der Waals surface area contributed by atoms with Crippen molar-refractivity contribution in [2.75, 3.05) is 7.11 Å². The summed E-state index contributed by atoms with van der Waals surface area (Å²) in [6, 6.07) is 7.71. The van der Waals surface area contributed by atoms with Crippen LogP contribution in [-0.4, -0.2) is 34.3 Å². The van der Waals surface area contributed by atoms with Gasteiger partial charge >= 0.3 is 6.03 Å². The molecule has 0 unspecified atom stereocenters. The van der Waals surface area contributed by atoms with E-state index in [0.29, 0.717) is 11.1 Å². The number of fused-ring (bicyclic) bond motifs is 1. The summed E-state index contributed by atoms with van der Waals surface area (Å²) in [6.07, 6.45) is 1.78. The van der Waals surface area contributed by atoms with E-state index < -0.39 is 29.1 Å². The maximum atomic E-state index is 14.0. The molecule has 1 saturated heterocycles. The Bertz CT molecular complexity index is 1160. The minimum absolute atomic E-state index is 0.0460. The van der Waals surface area contributed by atoms with Crippen LogP contribution in [0.25, 0.3) is 10.8 Å². The first-order chi connectivity index (χ1) is 14.3. The van der Waals surface area contributed by atoms with Crippen molar-refractivity contribution in [3.63, 3.8) is 0 Å². The van der Waals surface area contributed by atoms with Gasteiger partial charge in [0.25, 0.3) is 5.91 Å². The summed E-state index contributed by atoms with van der Waals surface area (Å²) in [7, 11) is 1.51. The highest BCUT2D eigenvalue weighted by Crippen LogP contribution is 2.33. The van der Waals surface area contributed by atoms with E-state index in [4.69, 9.17) is 4.74 Å². The van der Waals surface area contributed by atoms with Crippen molar-refractivity contribution in [1.29, 1.82) is 0 Å². The van der Waals surface area contributed by atoms with E-state index in [-0.39, 0.29) is 30.8 Å². The number of carbonyl (C=O) groups excluding carboxylic acids is 2. The lowest BCUT2D eigenvalue weighted by Gasteiger charge is -2.27. The van der Waals surface area contributed by atoms with Gasteiger partial charge in [-0.25, -0.2) is 13.6 Å². The van der Waals surface area contributed by atoms with Crippen LogP contribution in [0.5, 0.6) is 11.6 Å². The Morgan fingerprint density at radius 3 is 2.63 bits per heavy atom. The Morgan fingerprint density at radius 1 is 1.17 bits per heavy atom. The molecule has 1 fully saturated rings. The van der Waals surface area contributed by atoms with Crippen LogP contribution in [0.1, 0.15) is 12.0 Å². The summed E-state index contributed by atoms with van der Waals surface area (Å²) < 4.78 is 33.8. The van der Waals surface area contributed by atoms with Crippen molar-refractivity contribution >= 4 is 22.7 Å². The Balaban J connectivity index is 1.66. The summed E-state index contributed by atoms with van der Waals surface area (Å²) >= 11 is 0. The third-order valence-corrected chi connectivity index (χ3v) is 5.36. The number of nitrogens with zero attached hydrogens (tertiary/aromatic N) is 1. The number of amides is 3. The molecule has 1 aliphatic heterocycles. The third kappa shape index (κ3) is 3.42. The first kappa shape index (κ1) is 19.7. The number of rotatable bonds is 6. The van der Waals surface area contributed by atoms with Gasteiger partial charge in [0.05, 0.1) is 13.7 Å². The van der Waals surface area contributed by atoms with Crippen LogP contribution in [0.4, 0.5) is 13.6 Å². The van der Waals surface area contributed by atoms with E-state index in [0.717, 1.165) is 17.5 Å². The van der Waals surface area contributed by atoms with Gasteiger partial charge in [-0.3, -0.25) is 10.1 Å². The predicted octanol–water partition coefficient (Wildman–Crippen LogP) is 2.84. The number of halogens is 2. The number of hydrogen-bond acceptors (Lipinski definition) is 4. The second kappa shape index (κ2) is 7.33. The van der Waals surface area contributed by atoms with E-state index in [2.05, 4.69) is 10.6 Å². The van der Waals surface area contributed by atoms with Gasteiger partial charge in [-0.15, -0.1) is 0 Å². The number of ether oxygens (including phenoxy) is 1. The van der Waals surface area contributed by atoms with Crippen molar-refractivity contribution in [1.82, 2.24) is 15.2 Å². The summed E-state index contributed by atoms with van der Waals surface area (Å²) in [6.45, 7) is -0.0732. The van der Waals surface area contributed by atoms with Crippen LogP contribution in [-0.2, 0) is 17.8 Å². The summed E-state index contributed by atoms with van der Waals surface area (Å²) in [5.74, 6) is -1.53. The first-order valence-electron chi connectivity index (χ1n) is 9.25. The van der Waals surface area contributed by atoms with Crippen LogP contribution >= 0.6 is 0 Å². The van der Waals surface area contributed by atoms with Crippen LogP contribution < -0.4 is 15.4 Å². The SMILES string of the molecule is COc1ccc2cn(C[C@@]3(CCc4ccc(F)cc4F)NC(=O)NC3=O)c(O)c2c1. The zero-order valence-corrected chi connectivity index (χ0v) is 16.0. The van der Waals surface area contributed by atoms with Crippen molar-refractivity contribution in [3.8, 4) is 11.6 Å². The van der Waals surface area contributed by atoms with Crippen molar-refractivity contribution in [2.24, 2.45) is 0 Å². The maximum absolute atomic E-state index is 14.0. The van der Waals surface area contributed by atoms with E-state index in [1.165, 1.54) is 17.7 Å². The lowest BCUT2D eigenvalue weighted by Crippen LogP contribution is -2.50. The lowest BCUT2D eigenvalue weighted by molar-refractivity contribution is -0.124. The molecule has 0 bridgehead atoms. The van der Waals surface area contributed by atoms with Crippen molar-refractivity contribution in [3.05, 3.63) is 59.8 Å². The number of methoxy groups -OCH3 is 1. The van der Waals surface area contributed by atoms with E-state index in [1.54, 1.807) is 24.4 Å². The van der Waals surface area contributed by atoms with Crippen LogP contribution in [0.2, 0.25) is 0 Å². The molecule has 7 nitrogen and oxygen atoms in total. The molecule has 1 atom stereocenters. The molecule has 2 aromatic carbocycles. The highest BCUT2D eigenvalue weighted by molar-refractivity contribution is 6.07. The Labute approximate surface area is 170 Å².